The van der Waals surface area contributed by atoms with Crippen LogP contribution in [0.2, 0.25) is 0 Å². The van der Waals surface area contributed by atoms with Gasteiger partial charge in [0.05, 0.1) is 22.7 Å². The van der Waals surface area contributed by atoms with Crippen molar-refractivity contribution in [2.45, 2.75) is 71.6 Å². The molecule has 0 aliphatic carbocycles. The molecule has 2 N–H and O–H groups in total. The van der Waals surface area contributed by atoms with E-state index in [-0.39, 0.29) is 28.3 Å². The molecule has 32 heavy (non-hydrogen) atoms. The van der Waals surface area contributed by atoms with E-state index in [1.807, 2.05) is 42.5 Å². The summed E-state index contributed by atoms with van der Waals surface area (Å²) in [5.74, 6) is 0. The van der Waals surface area contributed by atoms with E-state index in [2.05, 4.69) is 54.5 Å². The van der Waals surface area contributed by atoms with E-state index >= 15 is 0 Å². The number of nitrogens with one attached hydrogen (secondary N) is 1. The second-order valence-corrected chi connectivity index (χ2v) is 15.6. The number of rotatable bonds is 4. The fraction of sp³-hybridized carbons (Fsp3) is 0.520. The van der Waals surface area contributed by atoms with E-state index in [1.165, 1.54) is 19.0 Å². The van der Waals surface area contributed by atoms with Crippen molar-refractivity contribution in [3.63, 3.8) is 0 Å². The van der Waals surface area contributed by atoms with Crippen molar-refractivity contribution >= 4 is 23.7 Å². The molecule has 2 aromatic rings. The molecule has 0 radical (unpaired) electrons. The summed E-state index contributed by atoms with van der Waals surface area (Å²) >= 11 is 0. The van der Waals surface area contributed by atoms with Crippen molar-refractivity contribution in [2.24, 2.45) is 0 Å². The van der Waals surface area contributed by atoms with Gasteiger partial charge in [0.15, 0.2) is 0 Å². The predicted molar refractivity (Wildman–Crippen MR) is 140 cm³/mol. The van der Waals surface area contributed by atoms with Gasteiger partial charge in [-0.25, -0.2) is 0 Å². The molecule has 0 heterocycles. The zero-order valence-electron chi connectivity index (χ0n) is 20.7. The zero-order valence-corrected chi connectivity index (χ0v) is 24.1. The summed E-state index contributed by atoms with van der Waals surface area (Å²) in [6.45, 7) is 16.8. The average molecular weight is 573 g/mol. The first-order valence-corrected chi connectivity index (χ1v) is 14.2. The van der Waals surface area contributed by atoms with Crippen LogP contribution >= 0.6 is 7.92 Å². The minimum Gasteiger partial charge on any atom is -0.706 e. The molecule has 0 amide bonds. The molecule has 0 spiro atoms. The van der Waals surface area contributed by atoms with Crippen molar-refractivity contribution in [3.05, 3.63) is 60.3 Å². The minimum atomic E-state index is -3.67. The molecule has 0 atom stereocenters. The summed E-state index contributed by atoms with van der Waals surface area (Å²) in [7, 11) is -3.90. The van der Waals surface area contributed by atoms with Crippen molar-refractivity contribution < 1.29 is 33.4 Å². The quantitative estimate of drug-likeness (QED) is 0.175. The Morgan fingerprint density at radius 2 is 1.44 bits per heavy atom. The van der Waals surface area contributed by atoms with Crippen molar-refractivity contribution in [1.82, 2.24) is 0 Å². The Kier molecular flexibility index (Phi) is 15.9. The maximum Gasteiger partial charge on any atom is 2.00 e. The smallest absolute Gasteiger partial charge is 0.706 e. The van der Waals surface area contributed by atoms with Crippen LogP contribution in [0, 0.1) is 6.07 Å². The number of unbranched alkanes of at least 4 members (excludes halogenated alkanes) is 1. The van der Waals surface area contributed by atoms with Gasteiger partial charge in [-0.1, -0.05) is 37.6 Å². The molecule has 2 rings (SSSR count). The molecule has 184 valence electrons. The van der Waals surface area contributed by atoms with Gasteiger partial charge in [-0.2, -0.15) is 14.1 Å². The van der Waals surface area contributed by atoms with Gasteiger partial charge in [0.1, 0.15) is 0 Å². The minimum absolute atomic E-state index is 0. The molecule has 0 aliphatic heterocycles. The third kappa shape index (κ3) is 15.9. The van der Waals surface area contributed by atoms with Crippen LogP contribution in [0.3, 0.4) is 0 Å². The fourth-order valence-electron chi connectivity index (χ4n) is 3.51. The first kappa shape index (κ1) is 33.4. The van der Waals surface area contributed by atoms with Gasteiger partial charge < -0.3 is 5.73 Å². The van der Waals surface area contributed by atoms with Crippen LogP contribution in [-0.4, -0.2) is 35.7 Å². The molecule has 0 aromatic heterocycles. The summed E-state index contributed by atoms with van der Waals surface area (Å²) in [6.07, 6.45) is 4.96. The number of hydrogen-bond donors (Lipinski definition) is 1. The normalized spacial score (nSPS) is 11.4. The molecule has 7 heteroatoms. The molecule has 4 nitrogen and oxygen atoms in total. The van der Waals surface area contributed by atoms with Crippen LogP contribution < -0.4 is 0 Å². The van der Waals surface area contributed by atoms with E-state index in [1.54, 1.807) is 6.07 Å². The molecule has 0 saturated carbocycles. The molecule has 0 unspecified atom stereocenters. The van der Waals surface area contributed by atoms with Gasteiger partial charge in [-0.05, 0) is 48.0 Å². The second kappa shape index (κ2) is 15.2. The molecule has 0 aliphatic rings. The Bertz CT molecular complexity index is 839. The van der Waals surface area contributed by atoms with Crippen LogP contribution in [0.1, 0.15) is 61.3 Å². The Morgan fingerprint density at radius 1 is 0.969 bits per heavy atom. The van der Waals surface area contributed by atoms with Gasteiger partial charge in [0.2, 0.25) is 0 Å². The Balaban J connectivity index is 0. The van der Waals surface area contributed by atoms with Crippen molar-refractivity contribution in [2.75, 3.05) is 12.4 Å². The van der Waals surface area contributed by atoms with Gasteiger partial charge in [0, 0.05) is 7.92 Å². The Hall–Kier alpha value is -0.758. The van der Waals surface area contributed by atoms with Crippen LogP contribution in [0.15, 0.2) is 48.5 Å². The molecule has 0 saturated heterocycles. The summed E-state index contributed by atoms with van der Waals surface area (Å²) < 4.78 is 25.9. The SMILES string of the molecule is CCCC[PH+](C(C)(C)C)C(C)(C)C.CS(=O)(=O)O.[NH-]c1ccccc1-c1[c-]cccc1.[Pd+2]. The van der Waals surface area contributed by atoms with E-state index in [0.29, 0.717) is 22.3 Å². The maximum atomic E-state index is 9.19. The summed E-state index contributed by atoms with van der Waals surface area (Å²) in [4.78, 5) is 0. The van der Waals surface area contributed by atoms with Crippen LogP contribution in [-0.2, 0) is 30.5 Å². The summed E-state index contributed by atoms with van der Waals surface area (Å²) in [6, 6.07) is 18.4. The van der Waals surface area contributed by atoms with E-state index in [9.17, 15) is 8.42 Å². The third-order valence-electron chi connectivity index (χ3n) is 4.52. The van der Waals surface area contributed by atoms with Gasteiger partial charge >= 0.3 is 20.4 Å². The maximum absolute atomic E-state index is 9.19. The molecule has 2 aromatic carbocycles. The van der Waals surface area contributed by atoms with E-state index in [4.69, 9.17) is 10.3 Å². The summed E-state index contributed by atoms with van der Waals surface area (Å²) in [5.41, 5.74) is 10.1. The monoisotopic (exact) mass is 572 g/mol. The number of hydrogen-bond acceptors (Lipinski definition) is 2. The van der Waals surface area contributed by atoms with Crippen molar-refractivity contribution in [3.8, 4) is 11.1 Å². The van der Waals surface area contributed by atoms with Crippen LogP contribution in [0.4, 0.5) is 5.69 Å². The second-order valence-electron chi connectivity index (χ2n) is 9.64. The van der Waals surface area contributed by atoms with Crippen molar-refractivity contribution in [1.29, 1.82) is 0 Å². The predicted octanol–water partition coefficient (Wildman–Crippen LogP) is 7.94. The third-order valence-corrected chi connectivity index (χ3v) is 8.99. The van der Waals surface area contributed by atoms with Gasteiger partial charge in [-0.3, -0.25) is 4.55 Å². The van der Waals surface area contributed by atoms with E-state index < -0.39 is 10.1 Å². The Morgan fingerprint density at radius 3 is 1.81 bits per heavy atom. The Labute approximate surface area is 211 Å². The van der Waals surface area contributed by atoms with Crippen LogP contribution in [0.5, 0.6) is 0 Å². The van der Waals surface area contributed by atoms with Crippen LogP contribution in [0.25, 0.3) is 16.9 Å². The molecular weight excluding hydrogens is 532 g/mol. The van der Waals surface area contributed by atoms with E-state index in [0.717, 1.165) is 11.1 Å². The van der Waals surface area contributed by atoms with Gasteiger partial charge in [0.25, 0.3) is 10.1 Å². The first-order chi connectivity index (χ1) is 14.1. The number of benzene rings is 2. The topological polar surface area (TPSA) is 78.2 Å². The summed E-state index contributed by atoms with van der Waals surface area (Å²) in [5, 5.41) is 1.11. The zero-order chi connectivity index (χ0) is 24.3. The average Bonchev–Trinajstić information content (AvgIpc) is 2.60. The van der Waals surface area contributed by atoms with Gasteiger partial charge in [-0.15, -0.1) is 41.5 Å². The largest absolute Gasteiger partial charge is 2.00 e. The fourth-order valence-corrected chi connectivity index (χ4v) is 7.96. The molecular formula is C25H41NO3PPdS+. The molecule has 0 bridgehead atoms. The standard InChI is InChI=1S/C12H9N.C12H27P.CH4O3S.Pd/c13-12-9-5-4-8-11(12)10-6-2-1-3-7-10;1-8-9-10-13(11(2,3)4)12(5,6)7;1-5(2,3)4;/h1-6,8-9,13H;8-10H2,1-7H3;1H3,(H,2,3,4);/q-2;;;+2/p+1. The first-order valence-electron chi connectivity index (χ1n) is 10.6. The molecule has 0 fully saturated rings.